The van der Waals surface area contributed by atoms with Crippen LogP contribution < -0.4 is 0 Å². The summed E-state index contributed by atoms with van der Waals surface area (Å²) in [6.07, 6.45) is 0.157. The van der Waals surface area contributed by atoms with Gasteiger partial charge < -0.3 is 14.4 Å². The van der Waals surface area contributed by atoms with Crippen LogP contribution in [0.1, 0.15) is 12.2 Å². The predicted octanol–water partition coefficient (Wildman–Crippen LogP) is 0.780. The zero-order valence-electron chi connectivity index (χ0n) is 11.0. The summed E-state index contributed by atoms with van der Waals surface area (Å²) in [6.45, 7) is 4.31. The Morgan fingerprint density at radius 3 is 2.50 bits per heavy atom. The van der Waals surface area contributed by atoms with Crippen molar-refractivity contribution in [1.29, 1.82) is 0 Å². The second-order valence-corrected chi connectivity index (χ2v) is 4.76. The molecule has 1 aliphatic heterocycles. The molecule has 8 heteroatoms. The van der Waals surface area contributed by atoms with Crippen LogP contribution in [0, 0.1) is 10.1 Å². The number of carbonyl (C=O) groups is 1. The van der Waals surface area contributed by atoms with Gasteiger partial charge in [-0.25, -0.2) is 0 Å². The Hall–Kier alpha value is -1.93. The zero-order chi connectivity index (χ0) is 14.5. The summed E-state index contributed by atoms with van der Waals surface area (Å²) in [4.78, 5) is 24.7. The lowest BCUT2D eigenvalue weighted by atomic mass is 10.2. The number of hydrogen-bond donors (Lipinski definition) is 1. The van der Waals surface area contributed by atoms with Crippen molar-refractivity contribution in [2.75, 3.05) is 32.7 Å². The highest BCUT2D eigenvalue weighted by Crippen LogP contribution is 2.17. The van der Waals surface area contributed by atoms with Gasteiger partial charge in [0.2, 0.25) is 0 Å². The summed E-state index contributed by atoms with van der Waals surface area (Å²) >= 11 is 0. The average Bonchev–Trinajstić information content (AvgIpc) is 2.86. The third kappa shape index (κ3) is 4.04. The molecule has 20 heavy (non-hydrogen) atoms. The first kappa shape index (κ1) is 14.5. The molecule has 1 saturated heterocycles. The number of nitro groups is 1. The number of piperazine rings is 1. The highest BCUT2D eigenvalue weighted by Gasteiger charge is 2.19. The molecule has 0 aromatic carbocycles. The summed E-state index contributed by atoms with van der Waals surface area (Å²) in [5.41, 5.74) is 0. The quantitative estimate of drug-likeness (QED) is 0.608. The van der Waals surface area contributed by atoms with Gasteiger partial charge in [-0.3, -0.25) is 19.8 Å². The molecule has 1 aromatic heterocycles. The molecule has 8 nitrogen and oxygen atoms in total. The Balaban J connectivity index is 1.76. The first-order valence-corrected chi connectivity index (χ1v) is 6.44. The third-order valence-corrected chi connectivity index (χ3v) is 3.31. The van der Waals surface area contributed by atoms with E-state index in [0.29, 0.717) is 18.8 Å². The molecule has 2 rings (SSSR count). The molecule has 1 fully saturated rings. The fourth-order valence-corrected chi connectivity index (χ4v) is 2.19. The number of aliphatic carboxylic acids is 1. The highest BCUT2D eigenvalue weighted by atomic mass is 16.6. The van der Waals surface area contributed by atoms with E-state index in [1.54, 1.807) is 6.07 Å². The van der Waals surface area contributed by atoms with Crippen molar-refractivity contribution in [3.05, 3.63) is 28.0 Å². The lowest BCUT2D eigenvalue weighted by molar-refractivity contribution is -0.402. The van der Waals surface area contributed by atoms with Gasteiger partial charge in [0.15, 0.2) is 0 Å². The summed E-state index contributed by atoms with van der Waals surface area (Å²) in [5, 5.41) is 19.2. The van der Waals surface area contributed by atoms with Crippen molar-refractivity contribution in [2.45, 2.75) is 13.0 Å². The van der Waals surface area contributed by atoms with Crippen molar-refractivity contribution in [1.82, 2.24) is 9.80 Å². The van der Waals surface area contributed by atoms with E-state index >= 15 is 0 Å². The summed E-state index contributed by atoms with van der Waals surface area (Å²) in [5.74, 6) is -0.439. The minimum Gasteiger partial charge on any atom is -0.481 e. The minimum atomic E-state index is -0.782. The topological polar surface area (TPSA) is 100 Å². The Labute approximate surface area is 115 Å². The van der Waals surface area contributed by atoms with Gasteiger partial charge in [0.1, 0.15) is 10.7 Å². The van der Waals surface area contributed by atoms with Crippen molar-refractivity contribution in [3.8, 4) is 0 Å². The standard InChI is InChI=1S/C12H17N3O5/c16-12(17)3-4-13-5-7-14(8-6-13)9-10-1-2-11(20-10)15(18)19/h1-2H,3-9H2,(H,16,17). The van der Waals surface area contributed by atoms with Crippen LogP contribution in [0.15, 0.2) is 16.5 Å². The number of carboxylic acid groups (broad SMARTS) is 1. The van der Waals surface area contributed by atoms with Crippen LogP contribution in [-0.4, -0.2) is 58.5 Å². The van der Waals surface area contributed by atoms with Gasteiger partial charge in [-0.2, -0.15) is 0 Å². The molecular weight excluding hydrogens is 266 g/mol. The molecule has 1 aromatic rings. The maximum atomic E-state index is 10.5. The molecule has 0 saturated carbocycles. The van der Waals surface area contributed by atoms with E-state index in [-0.39, 0.29) is 12.3 Å². The van der Waals surface area contributed by atoms with Crippen molar-refractivity contribution < 1.29 is 19.2 Å². The monoisotopic (exact) mass is 283 g/mol. The fraction of sp³-hybridized carbons (Fsp3) is 0.583. The summed E-state index contributed by atoms with van der Waals surface area (Å²) in [6, 6.07) is 2.98. The molecule has 0 amide bonds. The minimum absolute atomic E-state index is 0.157. The summed E-state index contributed by atoms with van der Waals surface area (Å²) in [7, 11) is 0. The van der Waals surface area contributed by atoms with E-state index in [9.17, 15) is 14.9 Å². The Morgan fingerprint density at radius 2 is 1.95 bits per heavy atom. The maximum Gasteiger partial charge on any atom is 0.433 e. The lowest BCUT2D eigenvalue weighted by Gasteiger charge is -2.33. The second-order valence-electron chi connectivity index (χ2n) is 4.76. The van der Waals surface area contributed by atoms with E-state index in [1.807, 2.05) is 0 Å². The van der Waals surface area contributed by atoms with Gasteiger partial charge in [-0.05, 0) is 6.07 Å². The maximum absolute atomic E-state index is 10.5. The lowest BCUT2D eigenvalue weighted by Crippen LogP contribution is -2.46. The molecular formula is C12H17N3O5. The SMILES string of the molecule is O=C(O)CCN1CCN(Cc2ccc([N+](=O)[O-])o2)CC1. The van der Waals surface area contributed by atoms with Crippen LogP contribution in [0.5, 0.6) is 0 Å². The molecule has 1 aliphatic rings. The van der Waals surface area contributed by atoms with Crippen LogP contribution in [0.25, 0.3) is 0 Å². The van der Waals surface area contributed by atoms with Gasteiger partial charge >= 0.3 is 11.9 Å². The molecule has 0 unspecified atom stereocenters. The fourth-order valence-electron chi connectivity index (χ4n) is 2.19. The van der Waals surface area contributed by atoms with E-state index in [2.05, 4.69) is 9.80 Å². The van der Waals surface area contributed by atoms with Gasteiger partial charge in [0.25, 0.3) is 0 Å². The molecule has 1 N–H and O–H groups in total. The second kappa shape index (κ2) is 6.49. The molecule has 0 bridgehead atoms. The number of nitrogens with zero attached hydrogens (tertiary/aromatic N) is 3. The van der Waals surface area contributed by atoms with Crippen molar-refractivity contribution in [3.63, 3.8) is 0 Å². The largest absolute Gasteiger partial charge is 0.481 e. The Bertz CT molecular complexity index is 479. The number of furan rings is 1. The van der Waals surface area contributed by atoms with Crippen LogP contribution in [0.3, 0.4) is 0 Å². The number of carboxylic acids is 1. The zero-order valence-corrected chi connectivity index (χ0v) is 11.0. The summed E-state index contributed by atoms with van der Waals surface area (Å²) < 4.78 is 5.12. The van der Waals surface area contributed by atoms with Crippen molar-refractivity contribution >= 4 is 11.9 Å². The van der Waals surface area contributed by atoms with Gasteiger partial charge in [0, 0.05) is 32.7 Å². The van der Waals surface area contributed by atoms with E-state index in [4.69, 9.17) is 9.52 Å². The van der Waals surface area contributed by atoms with Gasteiger partial charge in [0.05, 0.1) is 19.0 Å². The van der Waals surface area contributed by atoms with E-state index < -0.39 is 10.9 Å². The molecule has 110 valence electrons. The van der Waals surface area contributed by atoms with Gasteiger partial charge in [-0.15, -0.1) is 0 Å². The number of rotatable bonds is 6. The smallest absolute Gasteiger partial charge is 0.433 e. The highest BCUT2D eigenvalue weighted by molar-refractivity contribution is 5.66. The average molecular weight is 283 g/mol. The molecule has 0 atom stereocenters. The first-order chi connectivity index (χ1) is 9.54. The van der Waals surface area contributed by atoms with E-state index in [0.717, 1.165) is 26.2 Å². The van der Waals surface area contributed by atoms with Crippen molar-refractivity contribution in [2.24, 2.45) is 0 Å². The first-order valence-electron chi connectivity index (χ1n) is 6.44. The van der Waals surface area contributed by atoms with Gasteiger partial charge in [-0.1, -0.05) is 0 Å². The molecule has 0 radical (unpaired) electrons. The van der Waals surface area contributed by atoms with Crippen LogP contribution in [0.2, 0.25) is 0 Å². The van der Waals surface area contributed by atoms with Crippen LogP contribution in [-0.2, 0) is 11.3 Å². The number of hydrogen-bond acceptors (Lipinski definition) is 6. The van der Waals surface area contributed by atoms with Crippen LogP contribution in [0.4, 0.5) is 5.88 Å². The predicted molar refractivity (Wildman–Crippen MR) is 69.3 cm³/mol. The van der Waals surface area contributed by atoms with Crippen LogP contribution >= 0.6 is 0 Å². The Kier molecular flexibility index (Phi) is 4.70. The molecule has 2 heterocycles. The third-order valence-electron chi connectivity index (χ3n) is 3.31. The Morgan fingerprint density at radius 1 is 1.30 bits per heavy atom. The van der Waals surface area contributed by atoms with E-state index in [1.165, 1.54) is 6.07 Å². The normalized spacial score (nSPS) is 17.2. The molecule has 0 spiro atoms. The molecule has 0 aliphatic carbocycles.